The molecule has 0 aromatic carbocycles. The Labute approximate surface area is 272 Å². The zero-order valence-electron chi connectivity index (χ0n) is 28.6. The lowest BCUT2D eigenvalue weighted by molar-refractivity contribution is -0.194. The van der Waals surface area contributed by atoms with Gasteiger partial charge >= 0.3 is 0 Å². The van der Waals surface area contributed by atoms with Crippen molar-refractivity contribution in [1.82, 2.24) is 5.32 Å². The summed E-state index contributed by atoms with van der Waals surface area (Å²) in [5, 5.41) is 50.3. The molecular formula is C39H61NO5. The Morgan fingerprint density at radius 3 is 2.62 bits per heavy atom. The van der Waals surface area contributed by atoms with Gasteiger partial charge in [-0.2, -0.15) is 0 Å². The van der Waals surface area contributed by atoms with Crippen LogP contribution in [-0.4, -0.2) is 64.7 Å². The van der Waals surface area contributed by atoms with Gasteiger partial charge in [0.15, 0.2) is 0 Å². The van der Waals surface area contributed by atoms with Gasteiger partial charge in [0, 0.05) is 23.9 Å². The second-order valence-corrected chi connectivity index (χ2v) is 14.1. The summed E-state index contributed by atoms with van der Waals surface area (Å²) in [5.41, 5.74) is 2.63. The number of carbonyl (C=O) groups excluding carboxylic acids is 1. The standard InChI is InChI=1S/C39H61NO5/c1-7-8-9-16-34(43)32(15-11-14-28(4)13-10-12-27(2)3)33-19-21-39(37(33)44)36-30(20-24-41)17-18-31(35(36)29(5)26-42)25-38(39,45)22-23-40-6/h11-12,14-15,17-18,26,30-31,33-34,36-37,40-41,43-45H,4,7-10,13,16,19-25H2,1-3,5-6H3/b14-11+,32-15+,35-29?/t30-,31+,33+,34-,36+,37-,38-,39-/m1/s1. The van der Waals surface area contributed by atoms with Gasteiger partial charge in [-0.3, -0.25) is 4.79 Å². The number of aliphatic hydroxyl groups is 4. The van der Waals surface area contributed by atoms with E-state index in [0.717, 1.165) is 55.1 Å². The molecule has 3 aliphatic rings. The fraction of sp³-hybridized carbons (Fsp3) is 0.667. The molecular weight excluding hydrogens is 562 g/mol. The minimum Gasteiger partial charge on any atom is -0.396 e. The fourth-order valence-corrected chi connectivity index (χ4v) is 8.73. The summed E-state index contributed by atoms with van der Waals surface area (Å²) >= 11 is 0. The molecule has 45 heavy (non-hydrogen) atoms. The van der Waals surface area contributed by atoms with Crippen molar-refractivity contribution in [2.75, 3.05) is 20.2 Å². The third-order valence-electron chi connectivity index (χ3n) is 10.9. The van der Waals surface area contributed by atoms with Crippen LogP contribution in [0, 0.1) is 29.1 Å². The molecule has 0 heterocycles. The molecule has 252 valence electrons. The lowest BCUT2D eigenvalue weighted by Gasteiger charge is -2.61. The van der Waals surface area contributed by atoms with E-state index >= 15 is 0 Å². The van der Waals surface area contributed by atoms with Crippen LogP contribution >= 0.6 is 0 Å². The van der Waals surface area contributed by atoms with Crippen LogP contribution in [-0.2, 0) is 4.79 Å². The van der Waals surface area contributed by atoms with Gasteiger partial charge in [0.05, 0.1) is 17.8 Å². The molecule has 0 unspecified atom stereocenters. The van der Waals surface area contributed by atoms with Gasteiger partial charge in [0.1, 0.15) is 6.29 Å². The summed E-state index contributed by atoms with van der Waals surface area (Å²) < 4.78 is 0. The van der Waals surface area contributed by atoms with E-state index in [9.17, 15) is 25.2 Å². The number of allylic oxidation sites excluding steroid dienone is 10. The van der Waals surface area contributed by atoms with E-state index < -0.39 is 23.2 Å². The van der Waals surface area contributed by atoms with Crippen molar-refractivity contribution < 1.29 is 25.2 Å². The van der Waals surface area contributed by atoms with Gasteiger partial charge in [-0.25, -0.2) is 0 Å². The number of aliphatic hydroxyl groups excluding tert-OH is 3. The van der Waals surface area contributed by atoms with Crippen LogP contribution in [0.15, 0.2) is 70.9 Å². The second-order valence-electron chi connectivity index (χ2n) is 14.1. The lowest BCUT2D eigenvalue weighted by Crippen LogP contribution is -2.65. The van der Waals surface area contributed by atoms with Crippen molar-refractivity contribution in [3.8, 4) is 0 Å². The molecule has 1 spiro atoms. The van der Waals surface area contributed by atoms with Crippen molar-refractivity contribution in [3.63, 3.8) is 0 Å². The first-order valence-electron chi connectivity index (χ1n) is 17.4. The normalized spacial score (nSPS) is 33.1. The second kappa shape index (κ2) is 17.2. The Bertz CT molecular complexity index is 1160. The molecule has 5 N–H and O–H groups in total. The van der Waals surface area contributed by atoms with E-state index in [4.69, 9.17) is 0 Å². The molecule has 0 aromatic heterocycles. The van der Waals surface area contributed by atoms with Crippen LogP contribution in [0.5, 0.6) is 0 Å². The molecule has 8 atom stereocenters. The first kappa shape index (κ1) is 37.4. The molecule has 0 amide bonds. The smallest absolute Gasteiger partial charge is 0.145 e. The SMILES string of the molecule is C=C(/C=C/C=C(/[C@H](O)CCCCC)[C@@H]1CC[C@]2([C@@H]1O)[C@@H]1C(=C(C)C=O)[C@@H](C=C[C@@H]1CCO)C[C@]2(O)CCNC)CCC=C(C)C. The Morgan fingerprint density at radius 2 is 1.98 bits per heavy atom. The Balaban J connectivity index is 2.11. The van der Waals surface area contributed by atoms with Gasteiger partial charge in [-0.05, 0) is 109 Å². The number of fused-ring (bicyclic) bond motifs is 3. The van der Waals surface area contributed by atoms with Gasteiger partial charge in [0.2, 0.25) is 0 Å². The third-order valence-corrected chi connectivity index (χ3v) is 10.9. The van der Waals surface area contributed by atoms with Crippen LogP contribution in [0.3, 0.4) is 0 Å². The molecule has 6 nitrogen and oxygen atoms in total. The fourth-order valence-electron chi connectivity index (χ4n) is 8.73. The predicted molar refractivity (Wildman–Crippen MR) is 185 cm³/mol. The average Bonchev–Trinajstić information content (AvgIpc) is 3.35. The quantitative estimate of drug-likeness (QED) is 0.0414. The molecule has 3 rings (SSSR count). The number of carbonyl (C=O) groups is 1. The Hall–Kier alpha value is -2.09. The van der Waals surface area contributed by atoms with Crippen molar-refractivity contribution >= 4 is 6.29 Å². The highest BCUT2D eigenvalue weighted by atomic mass is 16.3. The van der Waals surface area contributed by atoms with Crippen LogP contribution in [0.25, 0.3) is 0 Å². The summed E-state index contributed by atoms with van der Waals surface area (Å²) in [5.74, 6) is -0.841. The number of hydrogen-bond donors (Lipinski definition) is 5. The van der Waals surface area contributed by atoms with Crippen molar-refractivity contribution in [2.24, 2.45) is 29.1 Å². The van der Waals surface area contributed by atoms with Gasteiger partial charge in [0.25, 0.3) is 0 Å². The summed E-state index contributed by atoms with van der Waals surface area (Å²) in [6.45, 7) is 13.0. The molecule has 0 radical (unpaired) electrons. The number of nitrogens with one attached hydrogen (secondary N) is 1. The summed E-state index contributed by atoms with van der Waals surface area (Å²) in [4.78, 5) is 12.3. The van der Waals surface area contributed by atoms with Crippen molar-refractivity contribution in [3.05, 3.63) is 70.9 Å². The van der Waals surface area contributed by atoms with Crippen LogP contribution in [0.1, 0.15) is 98.3 Å². The number of unbranched alkanes of at least 4 members (excludes halogenated alkanes) is 2. The zero-order chi connectivity index (χ0) is 33.2. The maximum absolute atomic E-state index is 12.7. The van der Waals surface area contributed by atoms with Gasteiger partial charge < -0.3 is 25.7 Å². The minimum absolute atomic E-state index is 0.0161. The Kier molecular flexibility index (Phi) is 14.3. The summed E-state index contributed by atoms with van der Waals surface area (Å²) in [7, 11) is 1.87. The van der Waals surface area contributed by atoms with Gasteiger partial charge in [-0.15, -0.1) is 0 Å². The first-order valence-corrected chi connectivity index (χ1v) is 17.4. The van der Waals surface area contributed by atoms with E-state index in [-0.39, 0.29) is 30.3 Å². The average molecular weight is 624 g/mol. The van der Waals surface area contributed by atoms with E-state index in [1.807, 2.05) is 32.2 Å². The predicted octanol–water partition coefficient (Wildman–Crippen LogP) is 6.53. The highest BCUT2D eigenvalue weighted by molar-refractivity contribution is 5.74. The van der Waals surface area contributed by atoms with Crippen LogP contribution in [0.2, 0.25) is 0 Å². The maximum Gasteiger partial charge on any atom is 0.145 e. The van der Waals surface area contributed by atoms with E-state index in [1.165, 1.54) is 5.57 Å². The molecule has 0 saturated heterocycles. The molecule has 0 aliphatic heterocycles. The number of aldehydes is 1. The largest absolute Gasteiger partial charge is 0.396 e. The van der Waals surface area contributed by atoms with Crippen LogP contribution in [0.4, 0.5) is 0 Å². The van der Waals surface area contributed by atoms with Crippen molar-refractivity contribution in [1.29, 1.82) is 0 Å². The topological polar surface area (TPSA) is 110 Å². The number of rotatable bonds is 17. The summed E-state index contributed by atoms with van der Waals surface area (Å²) in [6, 6.07) is 0. The molecule has 3 aliphatic carbocycles. The van der Waals surface area contributed by atoms with Gasteiger partial charge in [-0.1, -0.05) is 85.9 Å². The highest BCUT2D eigenvalue weighted by Crippen LogP contribution is 2.67. The maximum atomic E-state index is 12.7. The van der Waals surface area contributed by atoms with E-state index in [0.29, 0.717) is 50.6 Å². The highest BCUT2D eigenvalue weighted by Gasteiger charge is 2.68. The van der Waals surface area contributed by atoms with Crippen molar-refractivity contribution in [2.45, 2.75) is 116 Å². The van der Waals surface area contributed by atoms with E-state index in [1.54, 1.807) is 0 Å². The molecule has 0 aromatic rings. The number of hydrogen-bond acceptors (Lipinski definition) is 6. The molecule has 2 saturated carbocycles. The monoisotopic (exact) mass is 623 g/mol. The zero-order valence-corrected chi connectivity index (χ0v) is 28.6. The Morgan fingerprint density at radius 1 is 1.22 bits per heavy atom. The van der Waals surface area contributed by atoms with Crippen LogP contribution < -0.4 is 5.32 Å². The lowest BCUT2D eigenvalue weighted by atomic mass is 9.45. The summed E-state index contributed by atoms with van der Waals surface area (Å²) in [6.07, 6.45) is 19.6. The minimum atomic E-state index is -1.20. The first-order chi connectivity index (χ1) is 21.5. The van der Waals surface area contributed by atoms with E-state index in [2.05, 4.69) is 50.9 Å². The third kappa shape index (κ3) is 8.26. The molecule has 2 fully saturated rings. The molecule has 6 heteroatoms. The molecule has 2 bridgehead atoms.